The molecule has 2 atom stereocenters. The number of nitrogens with zero attached hydrogens (tertiary/aromatic N) is 3. The Hall–Kier alpha value is -1.74. The first-order chi connectivity index (χ1) is 12.7. The summed E-state index contributed by atoms with van der Waals surface area (Å²) in [4.78, 5) is 17.1. The second kappa shape index (κ2) is 7.71. The molecule has 4 nitrogen and oxygen atoms in total. The van der Waals surface area contributed by atoms with Gasteiger partial charge in [-0.3, -0.25) is 14.6 Å². The predicted molar refractivity (Wildman–Crippen MR) is 89.0 cm³/mol. The van der Waals surface area contributed by atoms with E-state index in [1.807, 2.05) is 16.7 Å². The quantitative estimate of drug-likeness (QED) is 0.739. The number of benzene rings is 1. The molecule has 0 spiro atoms. The molecule has 0 N–H and O–H groups in total. The van der Waals surface area contributed by atoms with Gasteiger partial charge in [0.05, 0.1) is 6.04 Å². The molecule has 2 aliphatic heterocycles. The summed E-state index contributed by atoms with van der Waals surface area (Å²) in [7, 11) is 0. The highest BCUT2D eigenvalue weighted by Crippen LogP contribution is 2.27. The highest BCUT2D eigenvalue weighted by atomic mass is 19.4. The van der Waals surface area contributed by atoms with Crippen LogP contribution in [0, 0.1) is 11.6 Å². The first-order valence-electron chi connectivity index (χ1n) is 8.94. The van der Waals surface area contributed by atoms with E-state index >= 15 is 0 Å². The first kappa shape index (κ1) is 20.0. The zero-order chi connectivity index (χ0) is 19.8. The van der Waals surface area contributed by atoms with E-state index in [4.69, 9.17) is 0 Å². The molecule has 1 amide bonds. The summed E-state index contributed by atoms with van der Waals surface area (Å²) in [5.74, 6) is -1.70. The average molecular weight is 391 g/mol. The molecule has 3 rings (SSSR count). The SMILES string of the molecule is CC(c1ccc(F)cc1F)N1CCN(C2CCN(CC(F)(F)F)C2=O)CC1. The Labute approximate surface area is 154 Å². The van der Waals surface area contributed by atoms with Gasteiger partial charge >= 0.3 is 6.18 Å². The fraction of sp³-hybridized carbons (Fsp3) is 0.611. The van der Waals surface area contributed by atoms with Crippen molar-refractivity contribution in [3.63, 3.8) is 0 Å². The lowest BCUT2D eigenvalue weighted by Gasteiger charge is -2.40. The number of alkyl halides is 3. The van der Waals surface area contributed by atoms with Crippen LogP contribution < -0.4 is 0 Å². The Kier molecular flexibility index (Phi) is 5.71. The molecule has 0 saturated carbocycles. The lowest BCUT2D eigenvalue weighted by atomic mass is 10.0. The molecule has 1 aromatic carbocycles. The molecular weight excluding hydrogens is 369 g/mol. The number of hydrogen-bond donors (Lipinski definition) is 0. The Morgan fingerprint density at radius 2 is 1.78 bits per heavy atom. The topological polar surface area (TPSA) is 26.8 Å². The fourth-order valence-corrected chi connectivity index (χ4v) is 3.91. The van der Waals surface area contributed by atoms with Crippen LogP contribution in [0.1, 0.15) is 24.9 Å². The van der Waals surface area contributed by atoms with E-state index in [-0.39, 0.29) is 12.6 Å². The number of piperazine rings is 1. The van der Waals surface area contributed by atoms with Crippen molar-refractivity contribution in [2.75, 3.05) is 39.3 Å². The van der Waals surface area contributed by atoms with Crippen molar-refractivity contribution < 1.29 is 26.7 Å². The molecule has 0 aliphatic carbocycles. The van der Waals surface area contributed by atoms with E-state index in [9.17, 15) is 26.7 Å². The highest BCUT2D eigenvalue weighted by Gasteiger charge is 2.42. The molecule has 2 heterocycles. The van der Waals surface area contributed by atoms with Crippen molar-refractivity contribution >= 4 is 5.91 Å². The van der Waals surface area contributed by atoms with Gasteiger partial charge in [0.1, 0.15) is 18.2 Å². The maximum Gasteiger partial charge on any atom is 0.406 e. The maximum atomic E-state index is 14.0. The molecule has 2 unspecified atom stereocenters. The van der Waals surface area contributed by atoms with E-state index in [0.29, 0.717) is 38.2 Å². The number of likely N-dealkylation sites (tertiary alicyclic amines) is 1. The van der Waals surface area contributed by atoms with Gasteiger partial charge in [0, 0.05) is 50.4 Å². The summed E-state index contributed by atoms with van der Waals surface area (Å²) >= 11 is 0. The molecule has 0 aromatic heterocycles. The van der Waals surface area contributed by atoms with Crippen molar-refractivity contribution in [3.8, 4) is 0 Å². The third-order valence-corrected chi connectivity index (χ3v) is 5.39. The van der Waals surface area contributed by atoms with E-state index < -0.39 is 36.3 Å². The van der Waals surface area contributed by atoms with Crippen molar-refractivity contribution in [1.82, 2.24) is 14.7 Å². The number of hydrogen-bond acceptors (Lipinski definition) is 3. The average Bonchev–Trinajstić information content (AvgIpc) is 2.93. The normalized spacial score (nSPS) is 23.9. The van der Waals surface area contributed by atoms with Crippen molar-refractivity contribution in [2.24, 2.45) is 0 Å². The van der Waals surface area contributed by atoms with Crippen LogP contribution >= 0.6 is 0 Å². The molecule has 0 bridgehead atoms. The minimum Gasteiger partial charge on any atom is -0.332 e. The molecule has 1 aromatic rings. The maximum absolute atomic E-state index is 14.0. The van der Waals surface area contributed by atoms with Gasteiger partial charge in [0.2, 0.25) is 5.91 Å². The van der Waals surface area contributed by atoms with Crippen molar-refractivity contribution in [2.45, 2.75) is 31.6 Å². The van der Waals surface area contributed by atoms with Crippen LogP contribution in [0.25, 0.3) is 0 Å². The third kappa shape index (κ3) is 4.57. The Bertz CT molecular complexity index is 688. The predicted octanol–water partition coefficient (Wildman–Crippen LogP) is 2.81. The van der Waals surface area contributed by atoms with Gasteiger partial charge in [0.15, 0.2) is 0 Å². The van der Waals surface area contributed by atoms with Gasteiger partial charge in [-0.2, -0.15) is 13.2 Å². The lowest BCUT2D eigenvalue weighted by molar-refractivity contribution is -0.159. The van der Waals surface area contributed by atoms with Crippen LogP contribution in [0.3, 0.4) is 0 Å². The summed E-state index contributed by atoms with van der Waals surface area (Å²) in [6, 6.07) is 2.73. The van der Waals surface area contributed by atoms with Crippen LogP contribution in [0.4, 0.5) is 22.0 Å². The zero-order valence-electron chi connectivity index (χ0n) is 15.0. The summed E-state index contributed by atoms with van der Waals surface area (Å²) in [5, 5.41) is 0. The Balaban J connectivity index is 1.57. The second-order valence-corrected chi connectivity index (χ2v) is 7.09. The molecular formula is C18H22F5N3O. The molecule has 150 valence electrons. The van der Waals surface area contributed by atoms with E-state index in [1.54, 1.807) is 0 Å². The summed E-state index contributed by atoms with van der Waals surface area (Å²) in [6.45, 7) is 2.89. The van der Waals surface area contributed by atoms with Crippen LogP contribution in [0.5, 0.6) is 0 Å². The second-order valence-electron chi connectivity index (χ2n) is 7.09. The third-order valence-electron chi connectivity index (χ3n) is 5.39. The summed E-state index contributed by atoms with van der Waals surface area (Å²) in [5.41, 5.74) is 0.401. The van der Waals surface area contributed by atoms with Crippen molar-refractivity contribution in [1.29, 1.82) is 0 Å². The van der Waals surface area contributed by atoms with Gasteiger partial charge in [-0.1, -0.05) is 6.07 Å². The number of halogens is 5. The molecule has 2 fully saturated rings. The number of rotatable bonds is 4. The lowest BCUT2D eigenvalue weighted by Crippen LogP contribution is -2.53. The largest absolute Gasteiger partial charge is 0.406 e. The zero-order valence-corrected chi connectivity index (χ0v) is 15.0. The first-order valence-corrected chi connectivity index (χ1v) is 8.94. The molecule has 2 saturated heterocycles. The minimum atomic E-state index is -4.39. The number of carbonyl (C=O) groups is 1. The van der Waals surface area contributed by atoms with Crippen LogP contribution in [0.2, 0.25) is 0 Å². The van der Waals surface area contributed by atoms with Gasteiger partial charge < -0.3 is 4.90 Å². The van der Waals surface area contributed by atoms with Gasteiger partial charge in [-0.15, -0.1) is 0 Å². The van der Waals surface area contributed by atoms with Crippen LogP contribution in [-0.4, -0.2) is 72.1 Å². The monoisotopic (exact) mass is 391 g/mol. The summed E-state index contributed by atoms with van der Waals surface area (Å²) in [6.07, 6.45) is -4.00. The molecule has 9 heteroatoms. The molecule has 27 heavy (non-hydrogen) atoms. The van der Waals surface area contributed by atoms with Gasteiger partial charge in [-0.25, -0.2) is 8.78 Å². The summed E-state index contributed by atoms with van der Waals surface area (Å²) < 4.78 is 64.7. The smallest absolute Gasteiger partial charge is 0.332 e. The van der Waals surface area contributed by atoms with Gasteiger partial charge in [-0.05, 0) is 19.4 Å². The van der Waals surface area contributed by atoms with Crippen LogP contribution in [0.15, 0.2) is 18.2 Å². The van der Waals surface area contributed by atoms with Crippen LogP contribution in [-0.2, 0) is 4.79 Å². The van der Waals surface area contributed by atoms with E-state index in [1.165, 1.54) is 12.1 Å². The molecule has 2 aliphatic rings. The number of amides is 1. The molecule has 0 radical (unpaired) electrons. The fourth-order valence-electron chi connectivity index (χ4n) is 3.91. The minimum absolute atomic E-state index is 0.112. The van der Waals surface area contributed by atoms with Gasteiger partial charge in [0.25, 0.3) is 0 Å². The van der Waals surface area contributed by atoms with E-state index in [0.717, 1.165) is 11.0 Å². The van der Waals surface area contributed by atoms with Crippen molar-refractivity contribution in [3.05, 3.63) is 35.4 Å². The van der Waals surface area contributed by atoms with E-state index in [2.05, 4.69) is 0 Å². The number of carbonyl (C=O) groups excluding carboxylic acids is 1. The Morgan fingerprint density at radius 1 is 1.11 bits per heavy atom. The standard InChI is InChI=1S/C18H22F5N3O/c1-12(14-3-2-13(19)10-15(14)20)24-6-8-25(9-7-24)16-4-5-26(17(16)27)11-18(21,22)23/h2-3,10,12,16H,4-9,11H2,1H3. The highest BCUT2D eigenvalue weighted by molar-refractivity contribution is 5.84. The Morgan fingerprint density at radius 3 is 2.37 bits per heavy atom.